The molecule has 0 fully saturated rings. The normalized spacial score (nSPS) is 10.5. The van der Waals surface area contributed by atoms with E-state index in [0.29, 0.717) is 0 Å². The second-order valence-corrected chi connectivity index (χ2v) is 5.74. The van der Waals surface area contributed by atoms with Crippen molar-refractivity contribution in [2.24, 2.45) is 0 Å². The molecule has 1 aromatic carbocycles. The average molecular weight is 327 g/mol. The van der Waals surface area contributed by atoms with Gasteiger partial charge in [-0.1, -0.05) is 29.8 Å². The molecule has 0 aliphatic heterocycles. The minimum absolute atomic E-state index is 0.141. The number of pyridine rings is 1. The number of benzene rings is 1. The predicted molar refractivity (Wildman–Crippen MR) is 87.5 cm³/mol. The molecule has 3 aromatic rings. The number of aromatic nitrogens is 2. The SMILES string of the molecule is Cc1ccc(-c2nc(COc3cccnc3[N+](=O)[O-])cs2)cc1. The third-order valence-corrected chi connectivity index (χ3v) is 4.09. The van der Waals surface area contributed by atoms with Gasteiger partial charge in [-0.2, -0.15) is 0 Å². The molecular formula is C16H13N3O3S. The summed E-state index contributed by atoms with van der Waals surface area (Å²) in [6, 6.07) is 11.2. The van der Waals surface area contributed by atoms with E-state index >= 15 is 0 Å². The Kier molecular flexibility index (Phi) is 4.29. The van der Waals surface area contributed by atoms with Gasteiger partial charge in [-0.3, -0.25) is 0 Å². The van der Waals surface area contributed by atoms with Crippen LogP contribution >= 0.6 is 11.3 Å². The highest BCUT2D eigenvalue weighted by Crippen LogP contribution is 2.26. The Balaban J connectivity index is 1.73. The molecular weight excluding hydrogens is 314 g/mol. The van der Waals surface area contributed by atoms with Crippen LogP contribution in [0.15, 0.2) is 48.0 Å². The summed E-state index contributed by atoms with van der Waals surface area (Å²) >= 11 is 1.51. The van der Waals surface area contributed by atoms with Gasteiger partial charge < -0.3 is 14.9 Å². The Hall–Kier alpha value is -2.80. The van der Waals surface area contributed by atoms with Crippen LogP contribution in [0.2, 0.25) is 0 Å². The first kappa shape index (κ1) is 15.1. The van der Waals surface area contributed by atoms with Gasteiger partial charge in [0.05, 0.1) is 5.69 Å². The summed E-state index contributed by atoms with van der Waals surface area (Å²) in [5.74, 6) is -0.149. The van der Waals surface area contributed by atoms with Crippen LogP contribution in [0.3, 0.4) is 0 Å². The van der Waals surface area contributed by atoms with Gasteiger partial charge in [-0.25, -0.2) is 4.98 Å². The molecule has 2 heterocycles. The molecule has 23 heavy (non-hydrogen) atoms. The van der Waals surface area contributed by atoms with Gasteiger partial charge in [0.25, 0.3) is 0 Å². The smallest absolute Gasteiger partial charge is 0.406 e. The largest absolute Gasteiger partial charge is 0.479 e. The summed E-state index contributed by atoms with van der Waals surface area (Å²) in [5.41, 5.74) is 2.96. The van der Waals surface area contributed by atoms with Crippen molar-refractivity contribution in [1.82, 2.24) is 9.97 Å². The number of nitrogens with zero attached hydrogens (tertiary/aromatic N) is 3. The van der Waals surface area contributed by atoms with Gasteiger partial charge in [0.1, 0.15) is 17.8 Å². The lowest BCUT2D eigenvalue weighted by Gasteiger charge is -2.03. The van der Waals surface area contributed by atoms with E-state index in [9.17, 15) is 10.1 Å². The molecule has 0 unspecified atom stereocenters. The maximum atomic E-state index is 10.9. The van der Waals surface area contributed by atoms with Gasteiger partial charge in [-0.05, 0) is 29.0 Å². The quantitative estimate of drug-likeness (QED) is 0.523. The molecule has 3 rings (SSSR count). The predicted octanol–water partition coefficient (Wildman–Crippen LogP) is 4.00. The van der Waals surface area contributed by atoms with E-state index in [0.717, 1.165) is 16.3 Å². The third kappa shape index (κ3) is 3.51. The molecule has 0 saturated heterocycles. The number of hydrogen-bond acceptors (Lipinski definition) is 6. The van der Waals surface area contributed by atoms with Crippen LogP contribution in [0.5, 0.6) is 5.75 Å². The van der Waals surface area contributed by atoms with Crippen LogP contribution < -0.4 is 4.74 Å². The average Bonchev–Trinajstić information content (AvgIpc) is 3.03. The number of rotatable bonds is 5. The van der Waals surface area contributed by atoms with Crippen molar-refractivity contribution in [3.63, 3.8) is 0 Å². The number of nitro groups is 1. The molecule has 116 valence electrons. The summed E-state index contributed by atoms with van der Waals surface area (Å²) in [4.78, 5) is 18.6. The molecule has 0 bridgehead atoms. The van der Waals surface area contributed by atoms with Gasteiger partial charge in [0, 0.05) is 10.9 Å². The van der Waals surface area contributed by atoms with Crippen molar-refractivity contribution in [3.05, 3.63) is 69.3 Å². The molecule has 0 spiro atoms. The van der Waals surface area contributed by atoms with Crippen LogP contribution in [-0.4, -0.2) is 14.9 Å². The second-order valence-electron chi connectivity index (χ2n) is 4.88. The van der Waals surface area contributed by atoms with Gasteiger partial charge in [0.15, 0.2) is 0 Å². The Morgan fingerprint density at radius 3 is 2.78 bits per heavy atom. The number of thiazole rings is 1. The number of ether oxygens (including phenoxy) is 1. The summed E-state index contributed by atoms with van der Waals surface area (Å²) in [6.45, 7) is 2.20. The van der Waals surface area contributed by atoms with Crippen LogP contribution in [0.4, 0.5) is 5.82 Å². The zero-order chi connectivity index (χ0) is 16.2. The van der Waals surface area contributed by atoms with Crippen molar-refractivity contribution in [1.29, 1.82) is 0 Å². The van der Waals surface area contributed by atoms with E-state index in [1.807, 2.05) is 36.6 Å². The molecule has 0 aliphatic rings. The van der Waals surface area contributed by atoms with Crippen molar-refractivity contribution in [3.8, 4) is 16.3 Å². The van der Waals surface area contributed by atoms with E-state index in [1.165, 1.54) is 29.2 Å². The Morgan fingerprint density at radius 2 is 2.04 bits per heavy atom. The monoisotopic (exact) mass is 327 g/mol. The molecule has 0 atom stereocenters. The topological polar surface area (TPSA) is 78.2 Å². The molecule has 7 heteroatoms. The molecule has 0 N–H and O–H groups in total. The summed E-state index contributed by atoms with van der Waals surface area (Å²) in [5, 5.41) is 13.7. The first-order valence-corrected chi connectivity index (χ1v) is 7.75. The van der Waals surface area contributed by atoms with Crippen LogP contribution in [-0.2, 0) is 6.61 Å². The minimum atomic E-state index is -0.561. The van der Waals surface area contributed by atoms with Crippen molar-refractivity contribution in [2.45, 2.75) is 13.5 Å². The van der Waals surface area contributed by atoms with Crippen LogP contribution in [0, 0.1) is 17.0 Å². The number of hydrogen-bond donors (Lipinski definition) is 0. The Labute approximate surface area is 136 Å². The molecule has 0 saturated carbocycles. The van der Waals surface area contributed by atoms with Gasteiger partial charge in [-0.15, -0.1) is 11.3 Å². The minimum Gasteiger partial charge on any atom is -0.479 e. The molecule has 2 aromatic heterocycles. The lowest BCUT2D eigenvalue weighted by molar-refractivity contribution is -0.390. The second kappa shape index (κ2) is 6.53. The van der Waals surface area contributed by atoms with Gasteiger partial charge in [0.2, 0.25) is 5.75 Å². The van der Waals surface area contributed by atoms with Crippen molar-refractivity contribution < 1.29 is 9.66 Å². The summed E-state index contributed by atoms with van der Waals surface area (Å²) in [7, 11) is 0. The van der Waals surface area contributed by atoms with Crippen molar-refractivity contribution in [2.75, 3.05) is 0 Å². The van der Waals surface area contributed by atoms with E-state index < -0.39 is 4.92 Å². The van der Waals surface area contributed by atoms with Crippen LogP contribution in [0.25, 0.3) is 10.6 Å². The molecule has 0 radical (unpaired) electrons. The molecule has 0 aliphatic carbocycles. The Morgan fingerprint density at radius 1 is 1.26 bits per heavy atom. The maximum absolute atomic E-state index is 10.9. The first-order chi connectivity index (χ1) is 11.1. The van der Waals surface area contributed by atoms with E-state index in [2.05, 4.69) is 9.97 Å². The highest BCUT2D eigenvalue weighted by Gasteiger charge is 2.16. The highest BCUT2D eigenvalue weighted by atomic mass is 32.1. The molecule has 0 amide bonds. The van der Waals surface area contributed by atoms with E-state index in [-0.39, 0.29) is 18.2 Å². The number of aryl methyl sites for hydroxylation is 1. The third-order valence-electron chi connectivity index (χ3n) is 3.15. The Bertz CT molecular complexity index is 831. The van der Waals surface area contributed by atoms with Crippen molar-refractivity contribution >= 4 is 17.2 Å². The first-order valence-electron chi connectivity index (χ1n) is 6.87. The zero-order valence-corrected chi connectivity index (χ0v) is 13.1. The summed E-state index contributed by atoms with van der Waals surface area (Å²) in [6.07, 6.45) is 1.36. The van der Waals surface area contributed by atoms with Gasteiger partial charge >= 0.3 is 5.82 Å². The highest BCUT2D eigenvalue weighted by molar-refractivity contribution is 7.13. The fraction of sp³-hybridized carbons (Fsp3) is 0.125. The molecule has 6 nitrogen and oxygen atoms in total. The summed E-state index contributed by atoms with van der Waals surface area (Å²) < 4.78 is 5.49. The fourth-order valence-corrected chi connectivity index (χ4v) is 2.80. The van der Waals surface area contributed by atoms with E-state index in [4.69, 9.17) is 4.74 Å². The lowest BCUT2D eigenvalue weighted by Crippen LogP contribution is -2.00. The fourth-order valence-electron chi connectivity index (χ4n) is 1.99. The standard InChI is InChI=1S/C16H13N3O3S/c1-11-4-6-12(7-5-11)16-18-13(10-23-16)9-22-14-3-2-8-17-15(14)19(20)21/h2-8,10H,9H2,1H3. The zero-order valence-electron chi connectivity index (χ0n) is 12.3. The lowest BCUT2D eigenvalue weighted by atomic mass is 10.2. The van der Waals surface area contributed by atoms with E-state index in [1.54, 1.807) is 6.07 Å². The maximum Gasteiger partial charge on any atom is 0.406 e. The van der Waals surface area contributed by atoms with Crippen LogP contribution in [0.1, 0.15) is 11.3 Å².